The lowest BCUT2D eigenvalue weighted by Crippen LogP contribution is -2.45. The predicted molar refractivity (Wildman–Crippen MR) is 97.5 cm³/mol. The first-order valence-electron chi connectivity index (χ1n) is 8.70. The van der Waals surface area contributed by atoms with E-state index in [0.717, 1.165) is 35.3 Å². The number of carbonyl (C=O) groups excluding carboxylic acids is 1. The van der Waals surface area contributed by atoms with Crippen molar-refractivity contribution in [2.75, 3.05) is 0 Å². The van der Waals surface area contributed by atoms with Gasteiger partial charge in [-0.3, -0.25) is 9.48 Å². The Morgan fingerprint density at radius 2 is 2.19 bits per heavy atom. The topological polar surface area (TPSA) is 90.5 Å². The minimum atomic E-state index is -0.0979. The van der Waals surface area contributed by atoms with E-state index in [0.29, 0.717) is 5.56 Å². The van der Waals surface area contributed by atoms with Crippen molar-refractivity contribution < 1.29 is 4.79 Å². The summed E-state index contributed by atoms with van der Waals surface area (Å²) in [6.07, 6.45) is 9.11. The number of aryl methyl sites for hydroxylation is 2. The van der Waals surface area contributed by atoms with Gasteiger partial charge in [0.1, 0.15) is 5.69 Å². The maximum Gasteiger partial charge on any atom is 0.253 e. The largest absolute Gasteiger partial charge is 0.349 e. The molecule has 0 saturated heterocycles. The maximum atomic E-state index is 12.5. The van der Waals surface area contributed by atoms with Gasteiger partial charge in [-0.2, -0.15) is 5.10 Å². The average molecular weight is 351 g/mol. The van der Waals surface area contributed by atoms with E-state index in [1.54, 1.807) is 10.9 Å². The van der Waals surface area contributed by atoms with E-state index in [-0.39, 0.29) is 18.0 Å². The summed E-state index contributed by atoms with van der Waals surface area (Å²) in [6.45, 7) is 3.87. The quantitative estimate of drug-likeness (QED) is 0.777. The average Bonchev–Trinajstić information content (AvgIpc) is 3.15. The maximum absolute atomic E-state index is 12.5. The van der Waals surface area contributed by atoms with Crippen molar-refractivity contribution in [1.29, 1.82) is 0 Å². The van der Waals surface area contributed by atoms with Crippen molar-refractivity contribution in [2.24, 2.45) is 7.05 Å². The number of amides is 1. The molecule has 0 radical (unpaired) electrons. The number of fused-ring (bicyclic) bond motifs is 1. The Balaban J connectivity index is 1.39. The van der Waals surface area contributed by atoms with Crippen LogP contribution in [0.4, 0.5) is 0 Å². The first kappa shape index (κ1) is 16.4. The van der Waals surface area contributed by atoms with Crippen LogP contribution >= 0.6 is 0 Å². The van der Waals surface area contributed by atoms with Crippen LogP contribution in [0.25, 0.3) is 17.1 Å². The first-order valence-corrected chi connectivity index (χ1v) is 8.70. The molecule has 0 atom stereocenters. The van der Waals surface area contributed by atoms with Crippen LogP contribution in [0.3, 0.4) is 0 Å². The van der Waals surface area contributed by atoms with E-state index >= 15 is 0 Å². The van der Waals surface area contributed by atoms with E-state index < -0.39 is 0 Å². The Bertz CT molecular complexity index is 994. The zero-order valence-electron chi connectivity index (χ0n) is 15.0. The lowest BCUT2D eigenvalue weighted by atomic mass is 9.86. The van der Waals surface area contributed by atoms with Gasteiger partial charge < -0.3 is 5.32 Å². The number of pyridine rings is 1. The molecule has 8 nitrogen and oxygen atoms in total. The third-order valence-electron chi connectivity index (χ3n) is 4.81. The van der Waals surface area contributed by atoms with Crippen molar-refractivity contribution in [1.82, 2.24) is 35.1 Å². The molecule has 1 N–H and O–H groups in total. The minimum Gasteiger partial charge on any atom is -0.349 e. The zero-order chi connectivity index (χ0) is 18.3. The molecular formula is C18H21N7O. The minimum absolute atomic E-state index is 0.0979. The summed E-state index contributed by atoms with van der Waals surface area (Å²) in [6, 6.07) is 2.29. The Kier molecular flexibility index (Phi) is 4.02. The lowest BCUT2D eigenvalue weighted by Gasteiger charge is -2.35. The Morgan fingerprint density at radius 1 is 1.38 bits per heavy atom. The van der Waals surface area contributed by atoms with Crippen LogP contribution in [0, 0.1) is 6.92 Å². The SMILES string of the molecule is C/C=C/c1cn(C2CC(NC(=O)c3cnc4c(c3)c(C)nn4C)C2)nn1. The molecule has 134 valence electrons. The molecule has 0 bridgehead atoms. The highest BCUT2D eigenvalue weighted by atomic mass is 16.1. The number of allylic oxidation sites excluding steroid dienone is 1. The normalized spacial score (nSPS) is 19.8. The van der Waals surface area contributed by atoms with Crippen molar-refractivity contribution in [3.8, 4) is 0 Å². The van der Waals surface area contributed by atoms with Crippen LogP contribution in [0.5, 0.6) is 0 Å². The number of nitrogens with one attached hydrogen (secondary N) is 1. The number of carbonyl (C=O) groups is 1. The molecule has 8 heteroatoms. The summed E-state index contributed by atoms with van der Waals surface area (Å²) >= 11 is 0. The summed E-state index contributed by atoms with van der Waals surface area (Å²) in [5.74, 6) is -0.0979. The molecule has 4 rings (SSSR count). The van der Waals surface area contributed by atoms with Gasteiger partial charge in [0.2, 0.25) is 0 Å². The van der Waals surface area contributed by atoms with Gasteiger partial charge in [0.15, 0.2) is 5.65 Å². The predicted octanol–water partition coefficient (Wildman–Crippen LogP) is 2.03. The van der Waals surface area contributed by atoms with E-state index in [4.69, 9.17) is 0 Å². The summed E-state index contributed by atoms with van der Waals surface area (Å²) in [4.78, 5) is 16.9. The Hall–Kier alpha value is -3.03. The van der Waals surface area contributed by atoms with Crippen LogP contribution < -0.4 is 5.32 Å². The third kappa shape index (κ3) is 2.87. The number of hydrogen-bond donors (Lipinski definition) is 1. The number of rotatable bonds is 4. The molecule has 3 aromatic rings. The molecule has 3 aromatic heterocycles. The molecule has 26 heavy (non-hydrogen) atoms. The van der Waals surface area contributed by atoms with Crippen LogP contribution in [-0.4, -0.2) is 41.7 Å². The summed E-state index contributed by atoms with van der Waals surface area (Å²) < 4.78 is 3.60. The molecule has 3 heterocycles. The Labute approximate surface area is 150 Å². The molecule has 1 saturated carbocycles. The second kappa shape index (κ2) is 6.36. The monoisotopic (exact) mass is 351 g/mol. The van der Waals surface area contributed by atoms with Crippen LogP contribution in [-0.2, 0) is 7.05 Å². The highest BCUT2D eigenvalue weighted by Crippen LogP contribution is 2.32. The van der Waals surface area contributed by atoms with E-state index in [1.165, 1.54) is 0 Å². The molecule has 0 aromatic carbocycles. The number of aromatic nitrogens is 6. The molecular weight excluding hydrogens is 330 g/mol. The second-order valence-corrected chi connectivity index (χ2v) is 6.72. The zero-order valence-corrected chi connectivity index (χ0v) is 15.0. The van der Waals surface area contributed by atoms with Gasteiger partial charge in [-0.15, -0.1) is 5.10 Å². The third-order valence-corrected chi connectivity index (χ3v) is 4.81. The highest BCUT2D eigenvalue weighted by Gasteiger charge is 2.32. The van der Waals surface area contributed by atoms with Crippen LogP contribution in [0.1, 0.15) is 47.6 Å². The second-order valence-electron chi connectivity index (χ2n) is 6.72. The molecule has 1 amide bonds. The fraction of sp³-hybridized carbons (Fsp3) is 0.389. The van der Waals surface area contributed by atoms with E-state index in [1.807, 2.05) is 50.0 Å². The van der Waals surface area contributed by atoms with Gasteiger partial charge in [-0.1, -0.05) is 11.3 Å². The van der Waals surface area contributed by atoms with Crippen molar-refractivity contribution in [3.05, 3.63) is 41.5 Å². The molecule has 0 unspecified atom stereocenters. The van der Waals surface area contributed by atoms with Crippen molar-refractivity contribution >= 4 is 23.0 Å². The molecule has 0 spiro atoms. The van der Waals surface area contributed by atoms with Gasteiger partial charge in [0, 0.05) is 24.7 Å². The molecule has 1 aliphatic carbocycles. The van der Waals surface area contributed by atoms with Crippen molar-refractivity contribution in [3.63, 3.8) is 0 Å². The van der Waals surface area contributed by atoms with Gasteiger partial charge >= 0.3 is 0 Å². The van der Waals surface area contributed by atoms with Crippen LogP contribution in [0.2, 0.25) is 0 Å². The van der Waals surface area contributed by atoms with E-state index in [2.05, 4.69) is 25.7 Å². The lowest BCUT2D eigenvalue weighted by molar-refractivity contribution is 0.0887. The smallest absolute Gasteiger partial charge is 0.253 e. The van der Waals surface area contributed by atoms with Gasteiger partial charge in [0.25, 0.3) is 5.91 Å². The fourth-order valence-corrected chi connectivity index (χ4v) is 3.34. The van der Waals surface area contributed by atoms with Crippen molar-refractivity contribution in [2.45, 2.75) is 38.8 Å². The van der Waals surface area contributed by atoms with Gasteiger partial charge in [-0.25, -0.2) is 9.67 Å². The molecule has 1 aliphatic rings. The molecule has 1 fully saturated rings. The number of nitrogens with zero attached hydrogens (tertiary/aromatic N) is 6. The standard InChI is InChI=1S/C18H21N7O/c1-4-5-13-10-25(23-21-13)15-7-14(8-15)20-18(26)12-6-16-11(2)22-24(3)17(16)19-9-12/h4-6,9-10,14-15H,7-8H2,1-3H3,(H,20,26)/b5-4+. The Morgan fingerprint density at radius 3 is 2.96 bits per heavy atom. The van der Waals surface area contributed by atoms with E-state index in [9.17, 15) is 4.79 Å². The van der Waals surface area contributed by atoms with Crippen LogP contribution in [0.15, 0.2) is 24.5 Å². The summed E-state index contributed by atoms with van der Waals surface area (Å²) in [7, 11) is 1.85. The first-order chi connectivity index (χ1) is 12.5. The highest BCUT2D eigenvalue weighted by molar-refractivity contribution is 5.97. The summed E-state index contributed by atoms with van der Waals surface area (Å²) in [5, 5.41) is 16.6. The number of hydrogen-bond acceptors (Lipinski definition) is 5. The van der Waals surface area contributed by atoms with Gasteiger partial charge in [-0.05, 0) is 38.8 Å². The van der Waals surface area contributed by atoms with Gasteiger partial charge in [0.05, 0.1) is 23.5 Å². The molecule has 0 aliphatic heterocycles. The summed E-state index contributed by atoms with van der Waals surface area (Å²) in [5.41, 5.74) is 3.07. The fourth-order valence-electron chi connectivity index (χ4n) is 3.34.